The zero-order valence-corrected chi connectivity index (χ0v) is 25.2. The normalized spacial score (nSPS) is 14.5. The van der Waals surface area contributed by atoms with Crippen LogP contribution in [0.4, 0.5) is 24.5 Å². The average molecular weight is 649 g/mol. The second-order valence-electron chi connectivity index (χ2n) is 10.2. The second kappa shape index (κ2) is 15.4. The molecule has 3 aromatic rings. The Labute approximate surface area is 262 Å². The molecule has 44 heavy (non-hydrogen) atoms. The first-order valence-electron chi connectivity index (χ1n) is 13.9. The number of hydrazone groups is 1. The molecule has 1 fully saturated rings. The fourth-order valence-electron chi connectivity index (χ4n) is 4.61. The maximum atomic E-state index is 13.3. The zero-order chi connectivity index (χ0) is 31.7. The Morgan fingerprint density at radius 2 is 1.82 bits per heavy atom. The van der Waals surface area contributed by atoms with Gasteiger partial charge in [0.05, 0.1) is 40.8 Å². The lowest BCUT2D eigenvalue weighted by atomic mass is 10.1. The molecular weight excluding hydrogens is 617 g/mol. The highest BCUT2D eigenvalue weighted by Crippen LogP contribution is 2.35. The predicted octanol–water partition coefficient (Wildman–Crippen LogP) is 5.95. The molecule has 1 unspecified atom stereocenters. The number of nitrogens with one attached hydrogen (secondary N) is 2. The maximum absolute atomic E-state index is 13.3. The smallest absolute Gasteiger partial charge is 0.394 e. The molecule has 0 spiro atoms. The van der Waals surface area contributed by atoms with E-state index in [1.165, 1.54) is 17.8 Å². The van der Waals surface area contributed by atoms with Gasteiger partial charge in [-0.15, -0.1) is 0 Å². The Morgan fingerprint density at radius 1 is 1.05 bits per heavy atom. The fraction of sp³-hybridized carbons (Fsp3) is 0.323. The third kappa shape index (κ3) is 9.21. The molecule has 1 saturated heterocycles. The monoisotopic (exact) mass is 648 g/mol. The van der Waals surface area contributed by atoms with E-state index in [1.54, 1.807) is 30.3 Å². The number of carbonyl (C=O) groups excluding carboxylic acids is 2. The summed E-state index contributed by atoms with van der Waals surface area (Å²) >= 11 is 7.10. The van der Waals surface area contributed by atoms with E-state index in [0.29, 0.717) is 17.1 Å². The number of aliphatic hydroxyl groups is 2. The van der Waals surface area contributed by atoms with Crippen molar-refractivity contribution in [1.29, 1.82) is 0 Å². The van der Waals surface area contributed by atoms with Crippen LogP contribution in [0.2, 0.25) is 5.02 Å². The fourth-order valence-corrected chi connectivity index (χ4v) is 5.74. The highest BCUT2D eigenvalue weighted by molar-refractivity contribution is 7.98. The molecule has 0 aliphatic carbocycles. The number of thioether (sulfide) groups is 1. The molecule has 0 saturated carbocycles. The van der Waals surface area contributed by atoms with E-state index in [1.807, 2.05) is 12.1 Å². The number of hydrogen-bond donors (Lipinski definition) is 4. The number of rotatable bonds is 11. The molecule has 0 radical (unpaired) electrons. The molecule has 1 aliphatic rings. The van der Waals surface area contributed by atoms with Gasteiger partial charge >= 0.3 is 6.18 Å². The summed E-state index contributed by atoms with van der Waals surface area (Å²) in [5.41, 5.74) is 3.80. The van der Waals surface area contributed by atoms with Crippen LogP contribution in [0.15, 0.2) is 65.8 Å². The number of benzene rings is 3. The maximum Gasteiger partial charge on any atom is 0.417 e. The Kier molecular flexibility index (Phi) is 11.7. The summed E-state index contributed by atoms with van der Waals surface area (Å²) in [6, 6.07) is 15.3. The van der Waals surface area contributed by atoms with Crippen molar-refractivity contribution in [3.63, 3.8) is 0 Å². The number of nitrogens with zero attached hydrogens (tertiary/aromatic N) is 2. The number of carbonyl (C=O) groups is 2. The van der Waals surface area contributed by atoms with Crippen molar-refractivity contribution in [2.45, 2.75) is 37.3 Å². The van der Waals surface area contributed by atoms with Crippen LogP contribution in [0, 0.1) is 0 Å². The van der Waals surface area contributed by atoms with Crippen molar-refractivity contribution in [1.82, 2.24) is 5.43 Å². The van der Waals surface area contributed by atoms with Crippen LogP contribution in [0.3, 0.4) is 0 Å². The summed E-state index contributed by atoms with van der Waals surface area (Å²) in [7, 11) is 0. The number of halogens is 4. The molecule has 4 rings (SSSR count). The van der Waals surface area contributed by atoms with Gasteiger partial charge in [-0.05, 0) is 72.9 Å². The van der Waals surface area contributed by atoms with Gasteiger partial charge in [0.1, 0.15) is 0 Å². The van der Waals surface area contributed by atoms with Gasteiger partial charge in [0.2, 0.25) is 0 Å². The van der Waals surface area contributed by atoms with Crippen molar-refractivity contribution in [3.8, 4) is 0 Å². The zero-order valence-electron chi connectivity index (χ0n) is 23.6. The van der Waals surface area contributed by atoms with E-state index in [2.05, 4.69) is 20.7 Å². The molecule has 0 bridgehead atoms. The van der Waals surface area contributed by atoms with Gasteiger partial charge in [0, 0.05) is 35.8 Å². The second-order valence-corrected chi connectivity index (χ2v) is 11.7. The largest absolute Gasteiger partial charge is 0.417 e. The Bertz CT molecular complexity index is 1500. The molecule has 13 heteroatoms. The summed E-state index contributed by atoms with van der Waals surface area (Å²) in [5, 5.41) is 24.7. The number of alkyl halides is 3. The van der Waals surface area contributed by atoms with Crippen LogP contribution in [0.1, 0.15) is 56.7 Å². The molecule has 3 aromatic carbocycles. The van der Waals surface area contributed by atoms with Crippen molar-refractivity contribution in [2.24, 2.45) is 5.10 Å². The van der Waals surface area contributed by atoms with Gasteiger partial charge in [-0.1, -0.05) is 29.8 Å². The highest BCUT2D eigenvalue weighted by Gasteiger charge is 2.33. The quantitative estimate of drug-likeness (QED) is 0.151. The molecule has 234 valence electrons. The minimum atomic E-state index is -4.65. The molecule has 1 aliphatic heterocycles. The molecule has 2 amide bonds. The Morgan fingerprint density at radius 3 is 2.55 bits per heavy atom. The molecule has 4 N–H and O–H groups in total. The van der Waals surface area contributed by atoms with Crippen LogP contribution in [0.25, 0.3) is 0 Å². The summed E-state index contributed by atoms with van der Waals surface area (Å²) in [6.45, 7) is 1.32. The van der Waals surface area contributed by atoms with Crippen LogP contribution in [-0.2, 0) is 11.9 Å². The SMILES string of the molecule is O=C(Nc1ccc(N2CCCCC2)cc1C(=O)N/N=C/c1ccc(Cl)c(C(F)(F)F)c1)c1cccc(CSCC(O)CO)c1. The van der Waals surface area contributed by atoms with E-state index < -0.39 is 34.7 Å². The highest BCUT2D eigenvalue weighted by atomic mass is 35.5. The molecule has 0 aromatic heterocycles. The van der Waals surface area contributed by atoms with E-state index in [0.717, 1.165) is 62.0 Å². The summed E-state index contributed by atoms with van der Waals surface area (Å²) < 4.78 is 39.7. The Hall–Kier alpha value is -3.58. The standard InChI is InChI=1S/C31H32ClF3N4O4S/c32-27-9-7-20(14-26(27)31(33,34)35)16-36-38-30(43)25-15-23(39-11-2-1-3-12-39)8-10-28(25)37-29(42)22-6-4-5-21(13-22)18-44-19-24(41)17-40/h4-10,13-16,24,40-41H,1-3,11-12,17-19H2,(H,37,42)(H,38,43)/b36-16+. The lowest BCUT2D eigenvalue weighted by Crippen LogP contribution is -2.30. The number of aliphatic hydroxyl groups excluding tert-OH is 2. The summed E-state index contributed by atoms with van der Waals surface area (Å²) in [4.78, 5) is 28.7. The van der Waals surface area contributed by atoms with Gasteiger partial charge in [-0.2, -0.15) is 30.0 Å². The predicted molar refractivity (Wildman–Crippen MR) is 168 cm³/mol. The lowest BCUT2D eigenvalue weighted by Gasteiger charge is -2.29. The molecule has 1 heterocycles. The van der Waals surface area contributed by atoms with Gasteiger partial charge in [0.15, 0.2) is 0 Å². The van der Waals surface area contributed by atoms with E-state index in [-0.39, 0.29) is 23.4 Å². The molecule has 8 nitrogen and oxygen atoms in total. The minimum Gasteiger partial charge on any atom is -0.394 e. The van der Waals surface area contributed by atoms with Crippen molar-refractivity contribution >= 4 is 52.8 Å². The van der Waals surface area contributed by atoms with E-state index in [4.69, 9.17) is 16.7 Å². The number of anilines is 2. The van der Waals surface area contributed by atoms with E-state index in [9.17, 15) is 27.9 Å². The third-order valence-electron chi connectivity index (χ3n) is 6.87. The number of piperidine rings is 1. The van der Waals surface area contributed by atoms with Gasteiger partial charge in [0.25, 0.3) is 11.8 Å². The van der Waals surface area contributed by atoms with Crippen LogP contribution in [-0.4, -0.2) is 59.8 Å². The first kappa shape index (κ1) is 33.3. The summed E-state index contributed by atoms with van der Waals surface area (Å²) in [5.74, 6) is -0.241. The van der Waals surface area contributed by atoms with E-state index >= 15 is 0 Å². The first-order valence-corrected chi connectivity index (χ1v) is 15.4. The van der Waals surface area contributed by atoms with Crippen molar-refractivity contribution in [2.75, 3.05) is 35.7 Å². The van der Waals surface area contributed by atoms with Crippen molar-refractivity contribution < 1.29 is 33.0 Å². The first-order chi connectivity index (χ1) is 21.0. The third-order valence-corrected chi connectivity index (χ3v) is 8.36. The van der Waals surface area contributed by atoms with Gasteiger partial charge in [-0.25, -0.2) is 5.43 Å². The lowest BCUT2D eigenvalue weighted by molar-refractivity contribution is -0.137. The van der Waals surface area contributed by atoms with Crippen LogP contribution in [0.5, 0.6) is 0 Å². The average Bonchev–Trinajstić information content (AvgIpc) is 3.02. The van der Waals surface area contributed by atoms with Crippen LogP contribution >= 0.6 is 23.4 Å². The van der Waals surface area contributed by atoms with Gasteiger partial charge < -0.3 is 20.4 Å². The minimum absolute atomic E-state index is 0.0848. The van der Waals surface area contributed by atoms with Crippen LogP contribution < -0.4 is 15.6 Å². The van der Waals surface area contributed by atoms with Crippen molar-refractivity contribution in [3.05, 3.63) is 93.5 Å². The number of hydrogen-bond acceptors (Lipinski definition) is 7. The van der Waals surface area contributed by atoms with Gasteiger partial charge in [-0.3, -0.25) is 9.59 Å². The Balaban J connectivity index is 1.53. The molecule has 1 atom stereocenters. The summed E-state index contributed by atoms with van der Waals surface area (Å²) in [6.07, 6.45) is -1.24. The molecular formula is C31H32ClF3N4O4S. The number of amides is 2. The topological polar surface area (TPSA) is 114 Å².